The van der Waals surface area contributed by atoms with Crippen molar-refractivity contribution in [2.45, 2.75) is 70.1 Å². The van der Waals surface area contributed by atoms with Crippen LogP contribution in [0, 0.1) is 5.92 Å². The average molecular weight is 505 g/mol. The van der Waals surface area contributed by atoms with Gasteiger partial charge in [-0.1, -0.05) is 13.8 Å². The highest BCUT2D eigenvalue weighted by atomic mass is 32.2. The smallest absolute Gasteiger partial charge is 0.326 e. The second-order valence-electron chi connectivity index (χ2n) is 8.21. The fraction of sp³-hybridized carbons (Fsp3) is 0.700. The lowest BCUT2D eigenvalue weighted by Crippen LogP contribution is -2.58. The van der Waals surface area contributed by atoms with Gasteiger partial charge in [-0.2, -0.15) is 11.8 Å². The van der Waals surface area contributed by atoms with Crippen molar-refractivity contribution < 1.29 is 33.9 Å². The highest BCUT2D eigenvalue weighted by molar-refractivity contribution is 7.98. The first-order valence-corrected chi connectivity index (χ1v) is 12.1. The summed E-state index contributed by atoms with van der Waals surface area (Å²) in [6.45, 7) is 3.79. The third-order valence-corrected chi connectivity index (χ3v) is 5.28. The molecule has 0 heterocycles. The van der Waals surface area contributed by atoms with E-state index in [4.69, 9.17) is 17.2 Å². The SMILES string of the molecule is CSCCC(NC(=O)C(N)CC(C)C)C(=O)NC(CC(N)=O)C(=O)NC(CCC(N)=O)C(=O)O. The molecule has 194 valence electrons. The number of thioether (sulfide) groups is 1. The van der Waals surface area contributed by atoms with E-state index in [0.717, 1.165) is 0 Å². The van der Waals surface area contributed by atoms with E-state index in [1.807, 2.05) is 20.1 Å². The Morgan fingerprint density at radius 3 is 1.82 bits per heavy atom. The van der Waals surface area contributed by atoms with Crippen LogP contribution >= 0.6 is 11.8 Å². The Morgan fingerprint density at radius 1 is 0.824 bits per heavy atom. The summed E-state index contributed by atoms with van der Waals surface area (Å²) in [4.78, 5) is 71.7. The standard InChI is InChI=1S/C20H36N6O7S/c1-10(2)8-11(21)17(29)24-12(6-7-34-3)18(30)26-14(9-16(23)28)19(31)25-13(20(32)33)4-5-15(22)27/h10-14H,4-9,21H2,1-3H3,(H2,22,27)(H2,23,28)(H,24,29)(H,25,31)(H,26,30)(H,32,33). The molecule has 13 nitrogen and oxygen atoms in total. The normalized spacial score (nSPS) is 14.4. The molecular weight excluding hydrogens is 468 g/mol. The van der Waals surface area contributed by atoms with Crippen LogP contribution in [0.5, 0.6) is 0 Å². The molecule has 34 heavy (non-hydrogen) atoms. The number of amides is 5. The van der Waals surface area contributed by atoms with Crippen LogP contribution in [0.15, 0.2) is 0 Å². The number of rotatable bonds is 17. The molecule has 0 bridgehead atoms. The number of nitrogens with one attached hydrogen (secondary N) is 3. The maximum atomic E-state index is 12.9. The Balaban J connectivity index is 5.48. The Hall–Kier alpha value is -2.87. The van der Waals surface area contributed by atoms with Gasteiger partial charge in [0.25, 0.3) is 0 Å². The third kappa shape index (κ3) is 13.0. The number of nitrogens with two attached hydrogens (primary N) is 3. The Bertz CT molecular complexity index is 749. The van der Waals surface area contributed by atoms with Gasteiger partial charge >= 0.3 is 5.97 Å². The van der Waals surface area contributed by atoms with Gasteiger partial charge in [0.15, 0.2) is 0 Å². The van der Waals surface area contributed by atoms with E-state index in [-0.39, 0.29) is 25.2 Å². The van der Waals surface area contributed by atoms with Crippen LogP contribution in [0.4, 0.5) is 0 Å². The van der Waals surface area contributed by atoms with Crippen molar-refractivity contribution in [1.82, 2.24) is 16.0 Å². The number of aliphatic carboxylic acids is 1. The van der Waals surface area contributed by atoms with Crippen LogP contribution in [0.25, 0.3) is 0 Å². The molecule has 4 atom stereocenters. The summed E-state index contributed by atoms with van der Waals surface area (Å²) >= 11 is 1.43. The predicted octanol–water partition coefficient (Wildman–Crippen LogP) is -2.21. The Labute approximate surface area is 202 Å². The number of carbonyl (C=O) groups is 6. The molecule has 0 aliphatic carbocycles. The molecule has 14 heteroatoms. The quantitative estimate of drug-likeness (QED) is 0.113. The monoisotopic (exact) mass is 504 g/mol. The number of carboxylic acids is 1. The summed E-state index contributed by atoms with van der Waals surface area (Å²) in [6.07, 6.45) is 1.22. The largest absolute Gasteiger partial charge is 0.480 e. The second kappa shape index (κ2) is 15.9. The summed E-state index contributed by atoms with van der Waals surface area (Å²) < 4.78 is 0. The van der Waals surface area contributed by atoms with Gasteiger partial charge in [0.05, 0.1) is 12.5 Å². The minimum atomic E-state index is -1.50. The summed E-state index contributed by atoms with van der Waals surface area (Å²) in [5.41, 5.74) is 16.1. The topological polar surface area (TPSA) is 237 Å². The molecule has 4 unspecified atom stereocenters. The number of hydrogen-bond acceptors (Lipinski definition) is 8. The van der Waals surface area contributed by atoms with E-state index in [0.29, 0.717) is 12.2 Å². The maximum Gasteiger partial charge on any atom is 0.326 e. The first-order valence-electron chi connectivity index (χ1n) is 10.7. The zero-order chi connectivity index (χ0) is 26.4. The molecule has 0 rings (SSSR count). The molecule has 0 fully saturated rings. The van der Waals surface area contributed by atoms with Crippen molar-refractivity contribution >= 4 is 47.3 Å². The number of hydrogen-bond donors (Lipinski definition) is 7. The van der Waals surface area contributed by atoms with Gasteiger partial charge in [0, 0.05) is 6.42 Å². The number of primary amides is 2. The molecule has 10 N–H and O–H groups in total. The molecule has 0 saturated heterocycles. The number of carbonyl (C=O) groups excluding carboxylic acids is 5. The molecule has 0 radical (unpaired) electrons. The van der Waals surface area contributed by atoms with Gasteiger partial charge in [-0.3, -0.25) is 24.0 Å². The zero-order valence-electron chi connectivity index (χ0n) is 19.7. The lowest BCUT2D eigenvalue weighted by molar-refractivity contribution is -0.142. The summed E-state index contributed by atoms with van der Waals surface area (Å²) in [5, 5.41) is 16.4. The maximum absolute atomic E-state index is 12.9. The van der Waals surface area contributed by atoms with E-state index < -0.39 is 66.1 Å². The Kier molecular flexibility index (Phi) is 14.5. The summed E-state index contributed by atoms with van der Waals surface area (Å²) in [5.74, 6) is -4.75. The second-order valence-corrected chi connectivity index (χ2v) is 9.20. The van der Waals surface area contributed by atoms with Crippen LogP contribution in [0.2, 0.25) is 0 Å². The molecule has 5 amide bonds. The predicted molar refractivity (Wildman–Crippen MR) is 126 cm³/mol. The van der Waals surface area contributed by atoms with Crippen LogP contribution in [0.3, 0.4) is 0 Å². The summed E-state index contributed by atoms with van der Waals surface area (Å²) in [6, 6.07) is -4.87. The van der Waals surface area contributed by atoms with Gasteiger partial charge in [-0.25, -0.2) is 4.79 Å². The van der Waals surface area contributed by atoms with Crippen molar-refractivity contribution in [1.29, 1.82) is 0 Å². The number of carboxylic acid groups (broad SMARTS) is 1. The summed E-state index contributed by atoms with van der Waals surface area (Å²) in [7, 11) is 0. The van der Waals surface area contributed by atoms with Crippen molar-refractivity contribution in [2.75, 3.05) is 12.0 Å². The lowest BCUT2D eigenvalue weighted by Gasteiger charge is -2.25. The van der Waals surface area contributed by atoms with Gasteiger partial charge < -0.3 is 38.3 Å². The van der Waals surface area contributed by atoms with E-state index in [1.165, 1.54) is 11.8 Å². The molecule has 0 spiro atoms. The van der Waals surface area contributed by atoms with E-state index in [2.05, 4.69) is 16.0 Å². The molecule has 0 saturated carbocycles. The van der Waals surface area contributed by atoms with Crippen LogP contribution < -0.4 is 33.2 Å². The van der Waals surface area contributed by atoms with Gasteiger partial charge in [0.1, 0.15) is 18.1 Å². The minimum Gasteiger partial charge on any atom is -0.480 e. The molecule has 0 aliphatic heterocycles. The van der Waals surface area contributed by atoms with E-state index >= 15 is 0 Å². The first-order chi connectivity index (χ1) is 15.8. The van der Waals surface area contributed by atoms with Crippen molar-refractivity contribution in [3.8, 4) is 0 Å². The zero-order valence-corrected chi connectivity index (χ0v) is 20.5. The van der Waals surface area contributed by atoms with Crippen molar-refractivity contribution in [3.63, 3.8) is 0 Å². The van der Waals surface area contributed by atoms with Crippen molar-refractivity contribution in [3.05, 3.63) is 0 Å². The van der Waals surface area contributed by atoms with Crippen LogP contribution in [0.1, 0.15) is 46.0 Å². The van der Waals surface area contributed by atoms with E-state index in [9.17, 15) is 33.9 Å². The van der Waals surface area contributed by atoms with Gasteiger partial charge in [-0.05, 0) is 37.2 Å². The average Bonchev–Trinajstić information content (AvgIpc) is 2.71. The highest BCUT2D eigenvalue weighted by Crippen LogP contribution is 2.07. The van der Waals surface area contributed by atoms with Crippen LogP contribution in [-0.4, -0.2) is 76.8 Å². The minimum absolute atomic E-state index is 0.152. The van der Waals surface area contributed by atoms with Crippen LogP contribution in [-0.2, 0) is 28.8 Å². The lowest BCUT2D eigenvalue weighted by atomic mass is 10.0. The molecule has 0 aromatic heterocycles. The first kappa shape index (κ1) is 31.1. The Morgan fingerprint density at radius 2 is 1.35 bits per heavy atom. The fourth-order valence-electron chi connectivity index (χ4n) is 2.90. The molecule has 0 aliphatic rings. The van der Waals surface area contributed by atoms with Crippen molar-refractivity contribution in [2.24, 2.45) is 23.1 Å². The molecule has 0 aromatic rings. The fourth-order valence-corrected chi connectivity index (χ4v) is 3.37. The van der Waals surface area contributed by atoms with Gasteiger partial charge in [-0.15, -0.1) is 0 Å². The highest BCUT2D eigenvalue weighted by Gasteiger charge is 2.31. The molecule has 0 aromatic carbocycles. The molecular formula is C20H36N6O7S. The van der Waals surface area contributed by atoms with E-state index in [1.54, 1.807) is 0 Å². The third-order valence-electron chi connectivity index (χ3n) is 4.64. The van der Waals surface area contributed by atoms with Gasteiger partial charge in [0.2, 0.25) is 29.5 Å².